The number of rotatable bonds is 6. The van der Waals surface area contributed by atoms with Crippen LogP contribution in [0.1, 0.15) is 19.3 Å². The molecule has 1 aliphatic carbocycles. The predicted molar refractivity (Wildman–Crippen MR) is 108 cm³/mol. The lowest BCUT2D eigenvalue weighted by atomic mass is 9.89. The van der Waals surface area contributed by atoms with Gasteiger partial charge in [0.1, 0.15) is 5.54 Å². The van der Waals surface area contributed by atoms with Gasteiger partial charge in [-0.2, -0.15) is 24.2 Å². The first-order valence-corrected chi connectivity index (χ1v) is 11.5. The van der Waals surface area contributed by atoms with Crippen LogP contribution in [0.3, 0.4) is 0 Å². The zero-order valence-corrected chi connectivity index (χ0v) is 17.4. The second kappa shape index (κ2) is 6.82. The molecule has 1 N–H and O–H groups in total. The zero-order chi connectivity index (χ0) is 21.8. The van der Waals surface area contributed by atoms with Crippen molar-refractivity contribution in [3.05, 3.63) is 24.7 Å². The van der Waals surface area contributed by atoms with Gasteiger partial charge in [0.25, 0.3) is 0 Å². The number of carbonyl (C=O) groups is 1. The van der Waals surface area contributed by atoms with Gasteiger partial charge in [-0.25, -0.2) is 13.4 Å². The van der Waals surface area contributed by atoms with Gasteiger partial charge in [0.05, 0.1) is 30.5 Å². The molecule has 2 aliphatic rings. The summed E-state index contributed by atoms with van der Waals surface area (Å²) in [6, 6.07) is 3.81. The Morgan fingerprint density at radius 2 is 2.16 bits per heavy atom. The summed E-state index contributed by atoms with van der Waals surface area (Å²) >= 11 is 0. The van der Waals surface area contributed by atoms with Crippen LogP contribution in [-0.2, 0) is 20.4 Å². The van der Waals surface area contributed by atoms with Crippen LogP contribution in [0.5, 0.6) is 0 Å². The number of nitrogens with zero attached hydrogens (tertiary/aromatic N) is 8. The summed E-state index contributed by atoms with van der Waals surface area (Å²) in [5.74, 6) is 0.627. The van der Waals surface area contributed by atoms with Crippen molar-refractivity contribution in [2.75, 3.05) is 24.7 Å². The molecule has 0 unspecified atom stereocenters. The first-order valence-electron chi connectivity index (χ1n) is 9.69. The molecule has 2 fully saturated rings. The molecule has 1 amide bonds. The third kappa shape index (κ3) is 3.43. The quantitative estimate of drug-likeness (QED) is 0.570. The second-order valence-corrected chi connectivity index (χ2v) is 9.98. The minimum atomic E-state index is -3.33. The Hall–Kier alpha value is -3.37. The number of sulfonamides is 1. The molecule has 0 radical (unpaired) electrons. The van der Waals surface area contributed by atoms with Crippen molar-refractivity contribution in [2.45, 2.75) is 24.8 Å². The molecule has 1 aliphatic heterocycles. The Morgan fingerprint density at radius 3 is 2.84 bits per heavy atom. The third-order valence-corrected chi connectivity index (χ3v) is 6.78. The summed E-state index contributed by atoms with van der Waals surface area (Å²) in [7, 11) is -3.33. The van der Waals surface area contributed by atoms with Gasteiger partial charge in [0.15, 0.2) is 11.5 Å². The number of hydrogen-bond acceptors (Lipinski definition) is 8. The lowest BCUT2D eigenvalue weighted by Gasteiger charge is -2.47. The number of aromatic nitrogens is 6. The molecule has 3 aromatic rings. The molecule has 12 nitrogen and oxygen atoms in total. The fourth-order valence-corrected chi connectivity index (χ4v) is 4.60. The second-order valence-electron chi connectivity index (χ2n) is 8.00. The Labute approximate surface area is 177 Å². The number of hydrogen-bond donors (Lipinski definition) is 1. The number of anilines is 1. The number of nitrogens with one attached hydrogen (secondary N) is 1. The molecule has 160 valence electrons. The molecule has 4 heterocycles. The van der Waals surface area contributed by atoms with Crippen LogP contribution < -0.4 is 5.32 Å². The highest BCUT2D eigenvalue weighted by molar-refractivity contribution is 7.88. The summed E-state index contributed by atoms with van der Waals surface area (Å²) in [5.41, 5.74) is 0.420. The van der Waals surface area contributed by atoms with E-state index < -0.39 is 15.6 Å². The van der Waals surface area contributed by atoms with E-state index in [9.17, 15) is 18.5 Å². The zero-order valence-electron chi connectivity index (χ0n) is 16.6. The van der Waals surface area contributed by atoms with Crippen molar-refractivity contribution >= 4 is 27.5 Å². The molecule has 13 heteroatoms. The summed E-state index contributed by atoms with van der Waals surface area (Å²) in [4.78, 5) is 20.7. The molecular weight excluding hydrogens is 422 g/mol. The Morgan fingerprint density at radius 1 is 1.39 bits per heavy atom. The minimum Gasteiger partial charge on any atom is -0.293 e. The van der Waals surface area contributed by atoms with Gasteiger partial charge in [0.2, 0.25) is 21.9 Å². The molecule has 0 spiro atoms. The number of amides is 1. The highest BCUT2D eigenvalue weighted by Gasteiger charge is 2.49. The molecule has 0 atom stereocenters. The Kier molecular flexibility index (Phi) is 4.31. The first kappa shape index (κ1) is 19.6. The molecule has 0 bridgehead atoms. The Bertz CT molecular complexity index is 1330. The van der Waals surface area contributed by atoms with Crippen LogP contribution in [0.25, 0.3) is 17.0 Å². The van der Waals surface area contributed by atoms with E-state index in [0.29, 0.717) is 17.0 Å². The normalized spacial score (nSPS) is 18.5. The van der Waals surface area contributed by atoms with Gasteiger partial charge in [-0.05, 0) is 12.8 Å². The lowest BCUT2D eigenvalue weighted by Crippen LogP contribution is -2.63. The minimum absolute atomic E-state index is 0.0349. The first-order chi connectivity index (χ1) is 14.8. The fraction of sp³-hybridized carbons (Fsp3) is 0.444. The van der Waals surface area contributed by atoms with E-state index in [1.165, 1.54) is 8.82 Å². The maximum atomic E-state index is 12.0. The predicted octanol–water partition coefficient (Wildman–Crippen LogP) is 0.220. The van der Waals surface area contributed by atoms with Crippen molar-refractivity contribution in [2.24, 2.45) is 5.92 Å². The van der Waals surface area contributed by atoms with Crippen molar-refractivity contribution in [1.82, 2.24) is 33.7 Å². The summed E-state index contributed by atoms with van der Waals surface area (Å²) in [6.07, 6.45) is 7.93. The van der Waals surface area contributed by atoms with E-state index in [1.807, 2.05) is 0 Å². The van der Waals surface area contributed by atoms with Crippen molar-refractivity contribution < 1.29 is 13.2 Å². The molecule has 0 aromatic carbocycles. The lowest BCUT2D eigenvalue weighted by molar-refractivity contribution is -0.117. The molecule has 5 rings (SSSR count). The average Bonchev–Trinajstić information content (AvgIpc) is 3.28. The van der Waals surface area contributed by atoms with E-state index in [0.717, 1.165) is 19.1 Å². The molecular formula is C18H19N9O3S. The van der Waals surface area contributed by atoms with Crippen LogP contribution in [0.4, 0.5) is 5.95 Å². The van der Waals surface area contributed by atoms with E-state index in [-0.39, 0.29) is 37.3 Å². The van der Waals surface area contributed by atoms with Gasteiger partial charge < -0.3 is 0 Å². The largest absolute Gasteiger partial charge is 0.293 e. The average molecular weight is 441 g/mol. The highest BCUT2D eigenvalue weighted by Crippen LogP contribution is 2.35. The van der Waals surface area contributed by atoms with Crippen molar-refractivity contribution in [1.29, 1.82) is 5.26 Å². The summed E-state index contributed by atoms with van der Waals surface area (Å²) < 4.78 is 28.0. The number of nitriles is 1. The third-order valence-electron chi connectivity index (χ3n) is 5.58. The van der Waals surface area contributed by atoms with Gasteiger partial charge in [-0.15, -0.1) is 5.10 Å². The fourth-order valence-electron chi connectivity index (χ4n) is 3.65. The van der Waals surface area contributed by atoms with Crippen molar-refractivity contribution in [3.63, 3.8) is 0 Å². The van der Waals surface area contributed by atoms with Gasteiger partial charge in [-0.1, -0.05) is 0 Å². The van der Waals surface area contributed by atoms with E-state index in [4.69, 9.17) is 0 Å². The van der Waals surface area contributed by atoms with E-state index in [1.54, 1.807) is 29.3 Å². The highest BCUT2D eigenvalue weighted by atomic mass is 32.2. The molecule has 31 heavy (non-hydrogen) atoms. The van der Waals surface area contributed by atoms with Gasteiger partial charge in [0, 0.05) is 37.5 Å². The number of carbonyl (C=O) groups excluding carboxylic acids is 1. The maximum Gasteiger partial charge on any atom is 0.249 e. The van der Waals surface area contributed by atoms with Gasteiger partial charge >= 0.3 is 0 Å². The standard InChI is InChI=1S/C18H19N9O3S/c1-31(29,30)25-10-18(11-25,5-6-19)26-9-13(8-21-26)15-20-7-4-14-22-17(24-27(14)15)23-16(28)12-2-3-12/h4,7-9,12H,2-3,5,10-11H2,1H3,(H,23,24,28). The SMILES string of the molecule is CS(=O)(=O)N1CC(CC#N)(n2cc(-c3nccc4nc(NC(=O)C5CC5)nn34)cn2)C1. The van der Waals surface area contributed by atoms with Crippen LogP contribution in [0.2, 0.25) is 0 Å². The van der Waals surface area contributed by atoms with E-state index >= 15 is 0 Å². The van der Waals surface area contributed by atoms with Crippen LogP contribution in [0, 0.1) is 17.2 Å². The summed E-state index contributed by atoms with van der Waals surface area (Å²) in [6.45, 7) is 0.359. The number of fused-ring (bicyclic) bond motifs is 1. The van der Waals surface area contributed by atoms with Crippen molar-refractivity contribution in [3.8, 4) is 17.5 Å². The topological polar surface area (TPSA) is 151 Å². The Balaban J connectivity index is 1.46. The van der Waals surface area contributed by atoms with E-state index in [2.05, 4.69) is 31.6 Å². The summed E-state index contributed by atoms with van der Waals surface area (Å²) in [5, 5.41) is 20.7. The molecule has 1 saturated carbocycles. The van der Waals surface area contributed by atoms with Crippen LogP contribution in [0.15, 0.2) is 24.7 Å². The van der Waals surface area contributed by atoms with Gasteiger partial charge in [-0.3, -0.25) is 14.8 Å². The van der Waals surface area contributed by atoms with Crippen LogP contribution >= 0.6 is 0 Å². The smallest absolute Gasteiger partial charge is 0.249 e. The van der Waals surface area contributed by atoms with Crippen LogP contribution in [-0.4, -0.2) is 67.3 Å². The molecule has 3 aromatic heterocycles. The monoisotopic (exact) mass is 441 g/mol. The molecule has 1 saturated heterocycles. The maximum absolute atomic E-state index is 12.0.